The van der Waals surface area contributed by atoms with Crippen LogP contribution in [0.5, 0.6) is 0 Å². The lowest BCUT2D eigenvalue weighted by Gasteiger charge is -2.21. The zero-order chi connectivity index (χ0) is 13.5. The monoisotopic (exact) mass is 270 g/mol. The number of fused-ring (bicyclic) bond motifs is 1. The molecule has 1 N–H and O–H groups in total. The number of rotatable bonds is 4. The lowest BCUT2D eigenvalue weighted by Crippen LogP contribution is -2.23. The van der Waals surface area contributed by atoms with Gasteiger partial charge in [0.2, 0.25) is 0 Å². The van der Waals surface area contributed by atoms with Crippen LogP contribution in [-0.2, 0) is 0 Å². The summed E-state index contributed by atoms with van der Waals surface area (Å²) >= 11 is 0. The minimum Gasteiger partial charge on any atom is -0.440 e. The highest BCUT2D eigenvalue weighted by atomic mass is 16.3. The first-order valence-corrected chi connectivity index (χ1v) is 7.96. The molecule has 3 nitrogen and oxygen atoms in total. The van der Waals surface area contributed by atoms with Crippen molar-refractivity contribution in [3.63, 3.8) is 0 Å². The van der Waals surface area contributed by atoms with Crippen molar-refractivity contribution in [2.75, 3.05) is 5.32 Å². The molecule has 4 rings (SSSR count). The third kappa shape index (κ3) is 2.30. The van der Waals surface area contributed by atoms with Crippen molar-refractivity contribution < 1.29 is 4.42 Å². The number of anilines is 1. The van der Waals surface area contributed by atoms with Crippen LogP contribution in [-0.4, -0.2) is 11.0 Å². The highest BCUT2D eigenvalue weighted by Crippen LogP contribution is 2.40. The van der Waals surface area contributed by atoms with Crippen LogP contribution < -0.4 is 5.32 Å². The molecule has 0 saturated heterocycles. The van der Waals surface area contributed by atoms with Crippen molar-refractivity contribution in [1.29, 1.82) is 0 Å². The maximum absolute atomic E-state index is 5.81. The Labute approximate surface area is 119 Å². The van der Waals surface area contributed by atoms with E-state index in [0.29, 0.717) is 12.0 Å². The second-order valence-corrected chi connectivity index (χ2v) is 6.49. The SMILES string of the molecule is CC(Nc1ccc2oc(C3CC3)nc2c1)C1CCCC1. The van der Waals surface area contributed by atoms with E-state index >= 15 is 0 Å². The third-order valence-electron chi connectivity index (χ3n) is 4.83. The number of nitrogens with zero attached hydrogens (tertiary/aromatic N) is 1. The van der Waals surface area contributed by atoms with Gasteiger partial charge >= 0.3 is 0 Å². The minimum atomic E-state index is 0.546. The highest BCUT2D eigenvalue weighted by molar-refractivity contribution is 5.77. The van der Waals surface area contributed by atoms with E-state index in [2.05, 4.69) is 35.4 Å². The van der Waals surface area contributed by atoms with Gasteiger partial charge in [-0.15, -0.1) is 0 Å². The van der Waals surface area contributed by atoms with Crippen molar-refractivity contribution >= 4 is 16.8 Å². The molecule has 0 radical (unpaired) electrons. The van der Waals surface area contributed by atoms with Gasteiger partial charge in [-0.25, -0.2) is 4.98 Å². The van der Waals surface area contributed by atoms with Gasteiger partial charge in [0.15, 0.2) is 11.5 Å². The van der Waals surface area contributed by atoms with Gasteiger partial charge in [0.05, 0.1) is 0 Å². The zero-order valence-corrected chi connectivity index (χ0v) is 12.1. The van der Waals surface area contributed by atoms with E-state index < -0.39 is 0 Å². The van der Waals surface area contributed by atoms with Gasteiger partial charge in [0.25, 0.3) is 0 Å². The highest BCUT2D eigenvalue weighted by Gasteiger charge is 2.29. The summed E-state index contributed by atoms with van der Waals surface area (Å²) in [6.07, 6.45) is 7.99. The van der Waals surface area contributed by atoms with Crippen LogP contribution in [0.1, 0.15) is 57.3 Å². The van der Waals surface area contributed by atoms with Gasteiger partial charge in [-0.1, -0.05) is 12.8 Å². The van der Waals surface area contributed by atoms with Gasteiger partial charge in [-0.2, -0.15) is 0 Å². The summed E-state index contributed by atoms with van der Waals surface area (Å²) in [5, 5.41) is 3.65. The molecular formula is C17H22N2O. The van der Waals surface area contributed by atoms with E-state index in [1.807, 2.05) is 0 Å². The predicted molar refractivity (Wildman–Crippen MR) is 81.0 cm³/mol. The summed E-state index contributed by atoms with van der Waals surface area (Å²) in [7, 11) is 0. The van der Waals surface area contributed by atoms with Crippen LogP contribution >= 0.6 is 0 Å². The summed E-state index contributed by atoms with van der Waals surface area (Å²) in [5.41, 5.74) is 3.09. The molecule has 0 bridgehead atoms. The van der Waals surface area contributed by atoms with Gasteiger partial charge in [0, 0.05) is 17.6 Å². The molecule has 1 unspecified atom stereocenters. The Morgan fingerprint density at radius 2 is 2.00 bits per heavy atom. The van der Waals surface area contributed by atoms with Crippen LogP contribution in [0, 0.1) is 5.92 Å². The lowest BCUT2D eigenvalue weighted by molar-refractivity contribution is 0.482. The number of benzene rings is 1. The van der Waals surface area contributed by atoms with Crippen molar-refractivity contribution in [2.45, 2.75) is 57.4 Å². The van der Waals surface area contributed by atoms with E-state index in [1.54, 1.807) is 0 Å². The molecule has 2 aromatic rings. The summed E-state index contributed by atoms with van der Waals surface area (Å²) < 4.78 is 5.81. The number of hydrogen-bond donors (Lipinski definition) is 1. The molecule has 2 aliphatic rings. The maximum atomic E-state index is 5.81. The van der Waals surface area contributed by atoms with Crippen LogP contribution in [0.4, 0.5) is 5.69 Å². The number of nitrogens with one attached hydrogen (secondary N) is 1. The first-order chi connectivity index (χ1) is 9.79. The van der Waals surface area contributed by atoms with Crippen LogP contribution in [0.2, 0.25) is 0 Å². The van der Waals surface area contributed by atoms with E-state index in [9.17, 15) is 0 Å². The quantitative estimate of drug-likeness (QED) is 0.875. The van der Waals surface area contributed by atoms with Gasteiger partial charge in [0.1, 0.15) is 5.52 Å². The van der Waals surface area contributed by atoms with Crippen molar-refractivity contribution in [3.05, 3.63) is 24.1 Å². The first-order valence-electron chi connectivity index (χ1n) is 7.96. The molecule has 1 aromatic carbocycles. The van der Waals surface area contributed by atoms with Crippen molar-refractivity contribution in [3.8, 4) is 0 Å². The average molecular weight is 270 g/mol. The normalized spacial score (nSPS) is 21.4. The topological polar surface area (TPSA) is 38.1 Å². The Hall–Kier alpha value is -1.51. The molecule has 2 fully saturated rings. The van der Waals surface area contributed by atoms with E-state index in [1.165, 1.54) is 44.2 Å². The molecule has 2 aliphatic carbocycles. The standard InChI is InChI=1S/C17H22N2O/c1-11(12-4-2-3-5-12)18-14-8-9-16-15(10-14)19-17(20-16)13-6-7-13/h8-13,18H,2-7H2,1H3. The molecule has 20 heavy (non-hydrogen) atoms. The van der Waals surface area contributed by atoms with E-state index in [4.69, 9.17) is 4.42 Å². The fourth-order valence-electron chi connectivity index (χ4n) is 3.38. The number of aromatic nitrogens is 1. The molecule has 0 amide bonds. The fourth-order valence-corrected chi connectivity index (χ4v) is 3.38. The summed E-state index contributed by atoms with van der Waals surface area (Å²) in [4.78, 5) is 4.63. The Morgan fingerprint density at radius 1 is 1.20 bits per heavy atom. The Morgan fingerprint density at radius 3 is 2.75 bits per heavy atom. The summed E-state index contributed by atoms with van der Waals surface area (Å²) in [5.74, 6) is 2.34. The van der Waals surface area contributed by atoms with Crippen LogP contribution in [0.15, 0.2) is 22.6 Å². The second kappa shape index (κ2) is 4.80. The van der Waals surface area contributed by atoms with Crippen molar-refractivity contribution in [1.82, 2.24) is 4.98 Å². The molecule has 2 saturated carbocycles. The Balaban J connectivity index is 1.53. The second-order valence-electron chi connectivity index (χ2n) is 6.49. The van der Waals surface area contributed by atoms with E-state index in [0.717, 1.165) is 22.9 Å². The molecule has 0 aliphatic heterocycles. The summed E-state index contributed by atoms with van der Waals surface area (Å²) in [6, 6.07) is 6.86. The smallest absolute Gasteiger partial charge is 0.198 e. The Kier molecular flexibility index (Phi) is 2.94. The molecule has 1 heterocycles. The molecule has 106 valence electrons. The molecule has 0 spiro atoms. The lowest BCUT2D eigenvalue weighted by atomic mass is 9.99. The zero-order valence-electron chi connectivity index (χ0n) is 12.1. The Bertz CT molecular complexity index is 608. The molecule has 1 atom stereocenters. The third-order valence-corrected chi connectivity index (χ3v) is 4.83. The summed E-state index contributed by atoms with van der Waals surface area (Å²) in [6.45, 7) is 2.30. The van der Waals surface area contributed by atoms with Gasteiger partial charge in [-0.3, -0.25) is 0 Å². The fraction of sp³-hybridized carbons (Fsp3) is 0.588. The largest absolute Gasteiger partial charge is 0.440 e. The average Bonchev–Trinajstić information content (AvgIpc) is 3.00. The number of hydrogen-bond acceptors (Lipinski definition) is 3. The molecule has 1 aromatic heterocycles. The van der Waals surface area contributed by atoms with Crippen LogP contribution in [0.3, 0.4) is 0 Å². The molecule has 3 heteroatoms. The first kappa shape index (κ1) is 12.2. The van der Waals surface area contributed by atoms with Crippen LogP contribution in [0.25, 0.3) is 11.1 Å². The number of oxazole rings is 1. The van der Waals surface area contributed by atoms with Crippen molar-refractivity contribution in [2.24, 2.45) is 5.92 Å². The van der Waals surface area contributed by atoms with Gasteiger partial charge in [-0.05, 0) is 56.7 Å². The van der Waals surface area contributed by atoms with Gasteiger partial charge < -0.3 is 9.73 Å². The maximum Gasteiger partial charge on any atom is 0.198 e. The molecular weight excluding hydrogens is 248 g/mol. The van der Waals surface area contributed by atoms with E-state index in [-0.39, 0.29) is 0 Å². The predicted octanol–water partition coefficient (Wildman–Crippen LogP) is 4.70. The minimum absolute atomic E-state index is 0.546.